The van der Waals surface area contributed by atoms with Gasteiger partial charge < -0.3 is 11.1 Å². The average molecular weight is 300 g/mol. The minimum Gasteiger partial charge on any atom is -0.369 e. The summed E-state index contributed by atoms with van der Waals surface area (Å²) < 4.78 is 0. The van der Waals surface area contributed by atoms with Crippen molar-refractivity contribution in [3.05, 3.63) is 51.7 Å². The summed E-state index contributed by atoms with van der Waals surface area (Å²) in [6.07, 6.45) is 2.57. The molecule has 1 aromatic carbocycles. The van der Waals surface area contributed by atoms with Crippen molar-refractivity contribution in [3.63, 3.8) is 0 Å². The zero-order valence-electron chi connectivity index (χ0n) is 11.5. The van der Waals surface area contributed by atoms with Crippen molar-refractivity contribution < 1.29 is 9.59 Å². The molecule has 1 aliphatic carbocycles. The molecule has 108 valence electrons. The van der Waals surface area contributed by atoms with Crippen molar-refractivity contribution in [2.24, 2.45) is 5.73 Å². The first-order chi connectivity index (χ1) is 10.1. The van der Waals surface area contributed by atoms with E-state index >= 15 is 0 Å². The molecule has 0 spiro atoms. The van der Waals surface area contributed by atoms with Crippen LogP contribution in [-0.2, 0) is 11.2 Å². The molecule has 1 saturated carbocycles. The predicted octanol–water partition coefficient (Wildman–Crippen LogP) is 2.91. The van der Waals surface area contributed by atoms with Gasteiger partial charge in [0.2, 0.25) is 5.91 Å². The summed E-state index contributed by atoms with van der Waals surface area (Å²) in [6, 6.07) is 9.24. The van der Waals surface area contributed by atoms with Gasteiger partial charge in [-0.2, -0.15) is 0 Å². The highest BCUT2D eigenvalue weighted by atomic mass is 32.1. The number of rotatable bonds is 5. The van der Waals surface area contributed by atoms with Crippen LogP contribution >= 0.6 is 11.3 Å². The molecule has 3 rings (SSSR count). The van der Waals surface area contributed by atoms with E-state index < -0.39 is 0 Å². The van der Waals surface area contributed by atoms with Crippen molar-refractivity contribution >= 4 is 28.8 Å². The fourth-order valence-corrected chi connectivity index (χ4v) is 3.19. The third kappa shape index (κ3) is 3.31. The molecule has 1 aromatic heterocycles. The molecule has 0 aliphatic heterocycles. The molecule has 2 aromatic rings. The normalized spacial score (nSPS) is 13.9. The van der Waals surface area contributed by atoms with E-state index in [1.807, 2.05) is 11.4 Å². The molecular formula is C16H16N2O2S. The van der Waals surface area contributed by atoms with E-state index in [9.17, 15) is 9.59 Å². The number of nitrogens with two attached hydrogens (primary N) is 1. The lowest BCUT2D eigenvalue weighted by atomic mass is 10.1. The van der Waals surface area contributed by atoms with Crippen LogP contribution in [0.5, 0.6) is 0 Å². The fraction of sp³-hybridized carbons (Fsp3) is 0.250. The van der Waals surface area contributed by atoms with Crippen molar-refractivity contribution in [1.82, 2.24) is 0 Å². The maximum absolute atomic E-state index is 12.3. The number of carbonyl (C=O) groups is 2. The van der Waals surface area contributed by atoms with Crippen LogP contribution in [0, 0.1) is 0 Å². The molecule has 0 bridgehead atoms. The number of carbonyl (C=O) groups excluding carboxylic acids is 2. The van der Waals surface area contributed by atoms with Crippen molar-refractivity contribution in [1.29, 1.82) is 0 Å². The maximum Gasteiger partial charge on any atom is 0.266 e. The summed E-state index contributed by atoms with van der Waals surface area (Å²) in [6.45, 7) is 0. The van der Waals surface area contributed by atoms with Crippen molar-refractivity contribution in [2.75, 3.05) is 5.32 Å². The molecule has 0 atom stereocenters. The molecule has 0 radical (unpaired) electrons. The third-order valence-corrected chi connectivity index (χ3v) is 4.44. The number of benzene rings is 1. The lowest BCUT2D eigenvalue weighted by molar-refractivity contribution is -0.117. The molecule has 2 amide bonds. The van der Waals surface area contributed by atoms with Gasteiger partial charge in [-0.15, -0.1) is 11.3 Å². The number of anilines is 1. The molecule has 3 N–H and O–H groups in total. The predicted molar refractivity (Wildman–Crippen MR) is 83.6 cm³/mol. The molecule has 0 saturated heterocycles. The number of thiophene rings is 1. The second-order valence-electron chi connectivity index (χ2n) is 5.27. The molecule has 21 heavy (non-hydrogen) atoms. The monoisotopic (exact) mass is 300 g/mol. The minimum atomic E-state index is -0.362. The van der Waals surface area contributed by atoms with Gasteiger partial charge in [0.05, 0.1) is 11.3 Å². The smallest absolute Gasteiger partial charge is 0.266 e. The lowest BCUT2D eigenvalue weighted by Crippen LogP contribution is -2.14. The molecular weight excluding hydrogens is 284 g/mol. The summed E-state index contributed by atoms with van der Waals surface area (Å²) in [5.74, 6) is 0.143. The summed E-state index contributed by atoms with van der Waals surface area (Å²) in [5, 5.41) is 4.87. The molecule has 4 nitrogen and oxygen atoms in total. The molecule has 5 heteroatoms. The molecule has 1 fully saturated rings. The zero-order chi connectivity index (χ0) is 14.8. The van der Waals surface area contributed by atoms with E-state index in [4.69, 9.17) is 5.73 Å². The standard InChI is InChI=1S/C16H16N2O2S/c17-14(19)9-10-1-5-12(6-2-10)18-16(20)15-13(7-8-21-15)11-3-4-11/h1-2,5-8,11H,3-4,9H2,(H2,17,19)(H,18,20). The Balaban J connectivity index is 1.69. The molecule has 0 unspecified atom stereocenters. The van der Waals surface area contributed by atoms with Crippen LogP contribution in [0.3, 0.4) is 0 Å². The summed E-state index contributed by atoms with van der Waals surface area (Å²) >= 11 is 1.48. The van der Waals surface area contributed by atoms with Crippen LogP contribution in [0.15, 0.2) is 35.7 Å². The highest BCUT2D eigenvalue weighted by Crippen LogP contribution is 2.43. The second kappa shape index (κ2) is 5.69. The van der Waals surface area contributed by atoms with Gasteiger partial charge in [-0.3, -0.25) is 9.59 Å². The van der Waals surface area contributed by atoms with Crippen LogP contribution in [0.1, 0.15) is 39.6 Å². The third-order valence-electron chi connectivity index (χ3n) is 3.51. The fourth-order valence-electron chi connectivity index (χ4n) is 2.31. The van der Waals surface area contributed by atoms with Gasteiger partial charge in [-0.25, -0.2) is 0 Å². The van der Waals surface area contributed by atoms with Crippen LogP contribution in [0.25, 0.3) is 0 Å². The Labute approximate surface area is 127 Å². The van der Waals surface area contributed by atoms with Gasteiger partial charge in [-0.05, 0) is 53.5 Å². The topological polar surface area (TPSA) is 72.2 Å². The zero-order valence-corrected chi connectivity index (χ0v) is 12.3. The van der Waals surface area contributed by atoms with Crippen LogP contribution in [0.4, 0.5) is 5.69 Å². The van der Waals surface area contributed by atoms with Gasteiger partial charge in [0.25, 0.3) is 5.91 Å². The van der Waals surface area contributed by atoms with Crippen molar-refractivity contribution in [3.8, 4) is 0 Å². The van der Waals surface area contributed by atoms with Gasteiger partial charge in [0.15, 0.2) is 0 Å². The van der Waals surface area contributed by atoms with E-state index in [0.29, 0.717) is 5.92 Å². The summed E-state index contributed by atoms with van der Waals surface area (Å²) in [4.78, 5) is 24.0. The van der Waals surface area contributed by atoms with Crippen molar-refractivity contribution in [2.45, 2.75) is 25.2 Å². The number of nitrogens with one attached hydrogen (secondary N) is 1. The largest absolute Gasteiger partial charge is 0.369 e. The van der Waals surface area contributed by atoms with Crippen LogP contribution < -0.4 is 11.1 Å². The lowest BCUT2D eigenvalue weighted by Gasteiger charge is -2.06. The maximum atomic E-state index is 12.3. The Morgan fingerprint density at radius 3 is 2.52 bits per heavy atom. The highest BCUT2D eigenvalue weighted by Gasteiger charge is 2.28. The Morgan fingerprint density at radius 2 is 1.90 bits per heavy atom. The number of primary amides is 1. The first kappa shape index (κ1) is 13.8. The number of hydrogen-bond donors (Lipinski definition) is 2. The minimum absolute atomic E-state index is 0.0606. The SMILES string of the molecule is NC(=O)Cc1ccc(NC(=O)c2sccc2C2CC2)cc1. The summed E-state index contributed by atoms with van der Waals surface area (Å²) in [7, 11) is 0. The Bertz CT molecular complexity index is 672. The Kier molecular flexibility index (Phi) is 3.75. The van der Waals surface area contributed by atoms with Gasteiger partial charge in [-0.1, -0.05) is 12.1 Å². The van der Waals surface area contributed by atoms with Gasteiger partial charge in [0.1, 0.15) is 0 Å². The number of hydrogen-bond acceptors (Lipinski definition) is 3. The van der Waals surface area contributed by atoms with E-state index in [2.05, 4.69) is 5.32 Å². The van der Waals surface area contributed by atoms with Gasteiger partial charge >= 0.3 is 0 Å². The Morgan fingerprint density at radius 1 is 1.19 bits per heavy atom. The highest BCUT2D eigenvalue weighted by molar-refractivity contribution is 7.12. The first-order valence-corrected chi connectivity index (χ1v) is 7.77. The van der Waals surface area contributed by atoms with E-state index in [0.717, 1.165) is 16.1 Å². The molecule has 1 heterocycles. The number of amides is 2. The van der Waals surface area contributed by atoms with Crippen LogP contribution in [0.2, 0.25) is 0 Å². The Hall–Kier alpha value is -2.14. The quantitative estimate of drug-likeness (QED) is 0.891. The van der Waals surface area contributed by atoms with E-state index in [1.165, 1.54) is 29.7 Å². The summed E-state index contributed by atoms with van der Waals surface area (Å²) in [5.41, 5.74) is 7.89. The van der Waals surface area contributed by atoms with E-state index in [1.54, 1.807) is 24.3 Å². The van der Waals surface area contributed by atoms with Crippen LogP contribution in [-0.4, -0.2) is 11.8 Å². The molecule has 1 aliphatic rings. The van der Waals surface area contributed by atoms with E-state index in [-0.39, 0.29) is 18.2 Å². The van der Waals surface area contributed by atoms with Gasteiger partial charge in [0, 0.05) is 5.69 Å². The first-order valence-electron chi connectivity index (χ1n) is 6.89. The average Bonchev–Trinajstić information content (AvgIpc) is 3.17. The second-order valence-corrected chi connectivity index (χ2v) is 6.19.